The second-order valence-corrected chi connectivity index (χ2v) is 11.7. The number of nitrogens with zero attached hydrogens (tertiary/aromatic N) is 2. The van der Waals surface area contributed by atoms with Crippen LogP contribution in [0, 0.1) is 5.82 Å². The van der Waals surface area contributed by atoms with Gasteiger partial charge in [0, 0.05) is 6.42 Å². The molecule has 4 aliphatic rings. The number of aliphatic hydroxyl groups excluding tert-OH is 1. The summed E-state index contributed by atoms with van der Waals surface area (Å²) in [5.74, 6) is -1.11. The van der Waals surface area contributed by atoms with Crippen molar-refractivity contribution in [2.75, 3.05) is 19.7 Å². The van der Waals surface area contributed by atoms with Crippen LogP contribution in [0.3, 0.4) is 0 Å². The minimum Gasteiger partial charge on any atom is -0.493 e. The Labute approximate surface area is 234 Å². The molecule has 1 aliphatic carbocycles. The zero-order valence-corrected chi connectivity index (χ0v) is 22.6. The molecule has 39 heavy (non-hydrogen) atoms. The van der Waals surface area contributed by atoms with Crippen molar-refractivity contribution in [3.63, 3.8) is 0 Å². The lowest BCUT2D eigenvalue weighted by Crippen LogP contribution is -2.62. The van der Waals surface area contributed by atoms with Crippen molar-refractivity contribution in [3.8, 4) is 0 Å². The van der Waals surface area contributed by atoms with Crippen LogP contribution in [0.2, 0.25) is 10.0 Å². The van der Waals surface area contributed by atoms with Crippen molar-refractivity contribution in [2.24, 2.45) is 4.40 Å². The van der Waals surface area contributed by atoms with E-state index >= 15 is 0 Å². The molecule has 2 aromatic carbocycles. The van der Waals surface area contributed by atoms with Crippen molar-refractivity contribution in [3.05, 3.63) is 79.9 Å². The third-order valence-electron chi connectivity index (χ3n) is 7.54. The van der Waals surface area contributed by atoms with Gasteiger partial charge in [-0.1, -0.05) is 35.3 Å². The summed E-state index contributed by atoms with van der Waals surface area (Å²) in [6, 6.07) is 7.19. The number of fused-ring (bicyclic) bond motifs is 2. The molecular weight excluding hydrogens is 583 g/mol. The van der Waals surface area contributed by atoms with E-state index in [4.69, 9.17) is 32.7 Å². The molecule has 0 bridgehead atoms. The van der Waals surface area contributed by atoms with Crippen LogP contribution in [0.1, 0.15) is 35.6 Å². The number of Topliss-reactive ketones (excluding diaryl/α,β-unsaturated/α-hetero) is 1. The third kappa shape index (κ3) is 3.92. The molecule has 13 heteroatoms. The summed E-state index contributed by atoms with van der Waals surface area (Å²) in [7, 11) is 0. The molecule has 1 fully saturated rings. The summed E-state index contributed by atoms with van der Waals surface area (Å²) in [6.45, 7) is 3.09. The number of benzene rings is 2. The number of carbonyl (C=O) groups is 1. The highest BCUT2D eigenvalue weighted by atomic mass is 35.5. The number of hydrogen-bond donors (Lipinski definition) is 1. The second kappa shape index (κ2) is 9.10. The van der Waals surface area contributed by atoms with E-state index in [2.05, 4.69) is 4.40 Å². The quantitative estimate of drug-likeness (QED) is 0.270. The molecule has 0 radical (unpaired) electrons. The molecule has 2 atom stereocenters. The molecule has 2 unspecified atom stereocenters. The fourth-order valence-electron chi connectivity index (χ4n) is 5.50. The molecule has 1 N–H and O–H groups in total. The van der Waals surface area contributed by atoms with Crippen molar-refractivity contribution >= 4 is 46.6 Å². The van der Waals surface area contributed by atoms with Gasteiger partial charge in [-0.25, -0.2) is 8.79 Å². The molecule has 1 spiro atoms. The van der Waals surface area contributed by atoms with Crippen molar-refractivity contribution in [1.29, 1.82) is 0 Å². The Kier molecular flexibility index (Phi) is 6.28. The Morgan fingerprint density at radius 1 is 1.23 bits per heavy atom. The van der Waals surface area contributed by atoms with Gasteiger partial charge in [0.15, 0.2) is 22.4 Å². The van der Waals surface area contributed by atoms with E-state index in [9.17, 15) is 27.5 Å². The number of aliphatic hydroxyl groups is 1. The number of rotatable bonds is 5. The summed E-state index contributed by atoms with van der Waals surface area (Å²) in [5.41, 5.74) is 1.86. The van der Waals surface area contributed by atoms with Gasteiger partial charge in [-0.05, 0) is 59.3 Å². The fraction of sp³-hybridized carbons (Fsp3) is 0.385. The third-order valence-corrected chi connectivity index (χ3v) is 9.33. The largest absolute Gasteiger partial charge is 0.493 e. The van der Waals surface area contributed by atoms with Crippen molar-refractivity contribution < 1.29 is 36.9 Å². The number of ketones is 1. The number of alkyl halides is 3. The summed E-state index contributed by atoms with van der Waals surface area (Å²) in [6.07, 6.45) is -6.46. The molecule has 6 nitrogen and oxygen atoms in total. The first kappa shape index (κ1) is 26.9. The van der Waals surface area contributed by atoms with Crippen LogP contribution in [0.15, 0.2) is 46.2 Å². The summed E-state index contributed by atoms with van der Waals surface area (Å²) in [4.78, 5) is 14.0. The summed E-state index contributed by atoms with van der Waals surface area (Å²) >= 11 is 12.0. The smallest absolute Gasteiger partial charge is 0.409 e. The van der Waals surface area contributed by atoms with Gasteiger partial charge in [0.2, 0.25) is 5.78 Å². The standard InChI is InChI=1S/C26H20Cl2F4N2O4S/c1-2-37-23-20(21(35)22(23)36)34-10-24(11-34)15-4-3-12(5-13(15)9-38-24)18-8-25(39-33-18,26(30,31)32)14-6-16(27)19(29)17(28)7-14/h3-7,22,36H,2,8-11H2,1H3. The number of hydrogen-bond acceptors (Lipinski definition) is 7. The molecule has 3 heterocycles. The van der Waals surface area contributed by atoms with Crippen LogP contribution in [-0.2, 0) is 31.2 Å². The summed E-state index contributed by atoms with van der Waals surface area (Å²) < 4.78 is 70.5. The van der Waals surface area contributed by atoms with E-state index in [1.165, 1.54) is 0 Å². The average molecular weight is 603 g/mol. The van der Waals surface area contributed by atoms with Gasteiger partial charge >= 0.3 is 6.18 Å². The topological polar surface area (TPSA) is 71.4 Å². The van der Waals surface area contributed by atoms with Gasteiger partial charge in [0.1, 0.15) is 11.3 Å². The normalized spacial score (nSPS) is 25.5. The van der Waals surface area contributed by atoms with Gasteiger partial charge in [-0.2, -0.15) is 13.2 Å². The zero-order chi connectivity index (χ0) is 27.9. The summed E-state index contributed by atoms with van der Waals surface area (Å²) in [5, 5.41) is 8.90. The first-order valence-corrected chi connectivity index (χ1v) is 13.5. The number of ether oxygens (including phenoxy) is 2. The highest BCUT2D eigenvalue weighted by Gasteiger charge is 2.60. The number of carbonyl (C=O) groups excluding carboxylic acids is 1. The van der Waals surface area contributed by atoms with E-state index in [-0.39, 0.29) is 23.6 Å². The maximum absolute atomic E-state index is 14.4. The predicted octanol–water partition coefficient (Wildman–Crippen LogP) is 5.66. The highest BCUT2D eigenvalue weighted by molar-refractivity contribution is 7.99. The molecule has 6 rings (SSSR count). The lowest BCUT2D eigenvalue weighted by atomic mass is 9.81. The van der Waals surface area contributed by atoms with Crippen LogP contribution >= 0.6 is 35.1 Å². The van der Waals surface area contributed by atoms with E-state index in [0.29, 0.717) is 42.9 Å². The first-order valence-electron chi connectivity index (χ1n) is 12.0. The molecule has 0 saturated carbocycles. The molecule has 3 aliphatic heterocycles. The number of halogens is 6. The zero-order valence-electron chi connectivity index (χ0n) is 20.2. The van der Waals surface area contributed by atoms with E-state index in [0.717, 1.165) is 23.3 Å². The minimum absolute atomic E-state index is 0.230. The predicted molar refractivity (Wildman–Crippen MR) is 137 cm³/mol. The van der Waals surface area contributed by atoms with Crippen molar-refractivity contribution in [2.45, 2.75) is 42.6 Å². The Morgan fingerprint density at radius 3 is 2.56 bits per heavy atom. The van der Waals surface area contributed by atoms with Crippen LogP contribution in [0.5, 0.6) is 0 Å². The van der Waals surface area contributed by atoms with E-state index < -0.39 is 50.7 Å². The highest BCUT2D eigenvalue weighted by Crippen LogP contribution is 2.57. The van der Waals surface area contributed by atoms with Gasteiger partial charge in [-0.15, -0.1) is 0 Å². The van der Waals surface area contributed by atoms with Crippen LogP contribution in [0.4, 0.5) is 17.6 Å². The molecule has 0 aromatic heterocycles. The second-order valence-electron chi connectivity index (χ2n) is 9.81. The van der Waals surface area contributed by atoms with Gasteiger partial charge in [0.05, 0.1) is 42.1 Å². The molecule has 0 amide bonds. The maximum atomic E-state index is 14.4. The maximum Gasteiger partial charge on any atom is 0.409 e. The minimum atomic E-state index is -4.73. The lowest BCUT2D eigenvalue weighted by Gasteiger charge is -2.51. The van der Waals surface area contributed by atoms with E-state index in [1.807, 2.05) is 6.07 Å². The SMILES string of the molecule is CCOC1=C(N2CC3(C2)OCc2cc(C4=NSC(c5cc(Cl)c(F)c(Cl)c5)(C(F)(F)F)C4)ccc23)C(=O)C1O. The van der Waals surface area contributed by atoms with Gasteiger partial charge < -0.3 is 19.5 Å². The van der Waals surface area contributed by atoms with Crippen molar-refractivity contribution in [1.82, 2.24) is 4.90 Å². The monoisotopic (exact) mass is 602 g/mol. The van der Waals surface area contributed by atoms with Crippen LogP contribution in [0.25, 0.3) is 0 Å². The average Bonchev–Trinajstić information content (AvgIpc) is 3.49. The number of likely N-dealkylation sites (tertiary alicyclic amines) is 1. The fourth-order valence-corrected chi connectivity index (χ4v) is 6.96. The van der Waals surface area contributed by atoms with Gasteiger partial charge in [-0.3, -0.25) is 4.79 Å². The molecule has 1 saturated heterocycles. The van der Waals surface area contributed by atoms with Crippen LogP contribution < -0.4 is 0 Å². The molecule has 206 valence electrons. The van der Waals surface area contributed by atoms with E-state index in [1.54, 1.807) is 24.0 Å². The van der Waals surface area contributed by atoms with Gasteiger partial charge in [0.25, 0.3) is 0 Å². The lowest BCUT2D eigenvalue weighted by molar-refractivity contribution is -0.159. The Bertz CT molecular complexity index is 1450. The Balaban J connectivity index is 1.24. The Morgan fingerprint density at radius 2 is 1.92 bits per heavy atom. The van der Waals surface area contributed by atoms with Crippen LogP contribution in [-0.4, -0.2) is 53.5 Å². The molecule has 2 aromatic rings. The molecular formula is C26H20Cl2F4N2O4S. The first-order chi connectivity index (χ1) is 18.4. The Hall–Kier alpha value is -2.31.